The van der Waals surface area contributed by atoms with Gasteiger partial charge < -0.3 is 10.1 Å². The van der Waals surface area contributed by atoms with Crippen LogP contribution in [0.25, 0.3) is 0 Å². The molecule has 0 aliphatic rings. The molecule has 1 heterocycles. The van der Waals surface area contributed by atoms with Gasteiger partial charge >= 0.3 is 5.97 Å². The monoisotopic (exact) mass is 240 g/mol. The zero-order valence-corrected chi connectivity index (χ0v) is 10.1. The van der Waals surface area contributed by atoms with Gasteiger partial charge in [0.15, 0.2) is 0 Å². The lowest BCUT2D eigenvalue weighted by Crippen LogP contribution is -2.24. The molecule has 0 bridgehead atoms. The number of nitrogens with zero attached hydrogens (tertiary/aromatic N) is 1. The number of ether oxygens (including phenoxy) is 1. The molecule has 5 heteroatoms. The molecule has 0 aromatic carbocycles. The summed E-state index contributed by atoms with van der Waals surface area (Å²) in [4.78, 5) is 14.9. The van der Waals surface area contributed by atoms with E-state index in [1.807, 2.05) is 6.92 Å². The number of methoxy groups -OCH3 is 1. The topological polar surface area (TPSA) is 51.2 Å². The van der Waals surface area contributed by atoms with Gasteiger partial charge in [-0.25, -0.2) is 4.39 Å². The van der Waals surface area contributed by atoms with Gasteiger partial charge in [-0.3, -0.25) is 9.78 Å². The van der Waals surface area contributed by atoms with Crippen molar-refractivity contribution in [2.24, 2.45) is 0 Å². The number of hydrogen-bond acceptors (Lipinski definition) is 4. The molecule has 4 nitrogen and oxygen atoms in total. The van der Waals surface area contributed by atoms with E-state index >= 15 is 0 Å². The summed E-state index contributed by atoms with van der Waals surface area (Å²) in [6, 6.07) is 3.06. The van der Waals surface area contributed by atoms with Gasteiger partial charge in [-0.2, -0.15) is 0 Å². The highest BCUT2D eigenvalue weighted by molar-refractivity contribution is 5.69. The second kappa shape index (κ2) is 6.96. The minimum Gasteiger partial charge on any atom is -0.469 e. The predicted octanol–water partition coefficient (Wildman–Crippen LogP) is 1.82. The van der Waals surface area contributed by atoms with Crippen LogP contribution in [-0.4, -0.2) is 24.6 Å². The summed E-state index contributed by atoms with van der Waals surface area (Å²) in [5, 5.41) is 3.18. The molecule has 0 aliphatic heterocycles. The summed E-state index contributed by atoms with van der Waals surface area (Å²) in [6.07, 6.45) is 2.33. The number of hydrogen-bond donors (Lipinski definition) is 1. The first-order valence-corrected chi connectivity index (χ1v) is 5.59. The molecule has 0 aliphatic carbocycles. The molecular weight excluding hydrogens is 223 g/mol. The Kier molecular flexibility index (Phi) is 5.56. The molecule has 17 heavy (non-hydrogen) atoms. The van der Waals surface area contributed by atoms with E-state index in [9.17, 15) is 9.18 Å². The van der Waals surface area contributed by atoms with E-state index in [1.165, 1.54) is 19.4 Å². The summed E-state index contributed by atoms with van der Waals surface area (Å²) >= 11 is 0. The van der Waals surface area contributed by atoms with Crippen molar-refractivity contribution in [3.05, 3.63) is 29.8 Å². The van der Waals surface area contributed by atoms with Crippen LogP contribution in [0.1, 0.15) is 31.5 Å². The molecule has 1 atom stereocenters. The Labute approximate surface area is 100 Å². The van der Waals surface area contributed by atoms with Gasteiger partial charge in [0.05, 0.1) is 25.4 Å². The van der Waals surface area contributed by atoms with E-state index in [0.29, 0.717) is 13.0 Å². The third-order valence-electron chi connectivity index (χ3n) is 2.46. The average Bonchev–Trinajstić information content (AvgIpc) is 2.35. The summed E-state index contributed by atoms with van der Waals surface area (Å²) in [5.41, 5.74) is 0.777. The zero-order valence-electron chi connectivity index (χ0n) is 10.1. The molecule has 1 aromatic heterocycles. The fourth-order valence-corrected chi connectivity index (χ4v) is 1.50. The first-order valence-electron chi connectivity index (χ1n) is 5.59. The molecule has 1 unspecified atom stereocenters. The molecular formula is C12H17FN2O2. The van der Waals surface area contributed by atoms with Crippen LogP contribution in [0.4, 0.5) is 4.39 Å². The fourth-order valence-electron chi connectivity index (χ4n) is 1.50. The molecule has 0 fully saturated rings. The van der Waals surface area contributed by atoms with Crippen molar-refractivity contribution in [3.63, 3.8) is 0 Å². The second-order valence-corrected chi connectivity index (χ2v) is 3.64. The van der Waals surface area contributed by atoms with Crippen molar-refractivity contribution in [1.82, 2.24) is 10.3 Å². The fraction of sp³-hybridized carbons (Fsp3) is 0.500. The van der Waals surface area contributed by atoms with E-state index in [1.54, 1.807) is 6.07 Å². The van der Waals surface area contributed by atoms with Crippen molar-refractivity contribution < 1.29 is 13.9 Å². The number of nitrogens with one attached hydrogen (secondary N) is 1. The van der Waals surface area contributed by atoms with Gasteiger partial charge in [-0.05, 0) is 18.6 Å². The normalized spacial score (nSPS) is 12.2. The van der Waals surface area contributed by atoms with Gasteiger partial charge in [-0.1, -0.05) is 6.92 Å². The van der Waals surface area contributed by atoms with Gasteiger partial charge in [0.25, 0.3) is 0 Å². The largest absolute Gasteiger partial charge is 0.469 e. The van der Waals surface area contributed by atoms with E-state index < -0.39 is 0 Å². The van der Waals surface area contributed by atoms with E-state index in [0.717, 1.165) is 12.1 Å². The van der Waals surface area contributed by atoms with Crippen LogP contribution in [-0.2, 0) is 9.53 Å². The van der Waals surface area contributed by atoms with Crippen molar-refractivity contribution >= 4 is 5.97 Å². The maximum absolute atomic E-state index is 12.7. The molecule has 1 rings (SSSR count). The lowest BCUT2D eigenvalue weighted by Gasteiger charge is -2.15. The quantitative estimate of drug-likeness (QED) is 0.771. The third-order valence-corrected chi connectivity index (χ3v) is 2.46. The molecule has 1 aromatic rings. The van der Waals surface area contributed by atoms with Gasteiger partial charge in [0.1, 0.15) is 5.82 Å². The summed E-state index contributed by atoms with van der Waals surface area (Å²) < 4.78 is 17.3. The zero-order chi connectivity index (χ0) is 12.7. The number of pyridine rings is 1. The number of carbonyl (C=O) groups is 1. The van der Waals surface area contributed by atoms with E-state index in [4.69, 9.17) is 0 Å². The minimum atomic E-state index is -0.349. The van der Waals surface area contributed by atoms with Crippen LogP contribution in [0.2, 0.25) is 0 Å². The van der Waals surface area contributed by atoms with Crippen LogP contribution in [0.3, 0.4) is 0 Å². The highest BCUT2D eigenvalue weighted by Gasteiger charge is 2.10. The Hall–Kier alpha value is -1.49. The average molecular weight is 240 g/mol. The Morgan fingerprint density at radius 1 is 1.59 bits per heavy atom. The van der Waals surface area contributed by atoms with Crippen LogP contribution < -0.4 is 5.32 Å². The SMILES string of the molecule is CCC(NCCC(=O)OC)c1ccc(F)cn1. The lowest BCUT2D eigenvalue weighted by molar-refractivity contribution is -0.140. The number of esters is 1. The number of halogens is 1. The van der Waals surface area contributed by atoms with E-state index in [-0.39, 0.29) is 17.8 Å². The van der Waals surface area contributed by atoms with Crippen molar-refractivity contribution in [1.29, 1.82) is 0 Å². The Morgan fingerprint density at radius 3 is 2.88 bits per heavy atom. The van der Waals surface area contributed by atoms with Gasteiger partial charge in [-0.15, -0.1) is 0 Å². The van der Waals surface area contributed by atoms with Crippen molar-refractivity contribution in [3.8, 4) is 0 Å². The molecule has 0 saturated carbocycles. The van der Waals surface area contributed by atoms with Crippen molar-refractivity contribution in [2.45, 2.75) is 25.8 Å². The van der Waals surface area contributed by atoms with E-state index in [2.05, 4.69) is 15.0 Å². The number of aromatic nitrogens is 1. The third kappa shape index (κ3) is 4.48. The molecule has 0 amide bonds. The first kappa shape index (κ1) is 13.6. The van der Waals surface area contributed by atoms with Gasteiger partial charge in [0.2, 0.25) is 0 Å². The smallest absolute Gasteiger partial charge is 0.306 e. The minimum absolute atomic E-state index is 0.0280. The Morgan fingerprint density at radius 2 is 2.35 bits per heavy atom. The van der Waals surface area contributed by atoms with Gasteiger partial charge in [0, 0.05) is 12.6 Å². The maximum atomic E-state index is 12.7. The summed E-state index contributed by atoms with van der Waals surface area (Å²) in [5.74, 6) is -0.599. The lowest BCUT2D eigenvalue weighted by atomic mass is 10.1. The molecule has 0 spiro atoms. The van der Waals surface area contributed by atoms with Crippen LogP contribution in [0.5, 0.6) is 0 Å². The highest BCUT2D eigenvalue weighted by Crippen LogP contribution is 2.13. The molecule has 0 radical (unpaired) electrons. The van der Waals surface area contributed by atoms with Crippen LogP contribution in [0, 0.1) is 5.82 Å². The standard InChI is InChI=1S/C12H17FN2O2/c1-3-10(14-7-6-12(16)17-2)11-5-4-9(13)8-15-11/h4-5,8,10,14H,3,6-7H2,1-2H3. The maximum Gasteiger partial charge on any atom is 0.306 e. The summed E-state index contributed by atoms with van der Waals surface area (Å²) in [6.45, 7) is 2.52. The highest BCUT2D eigenvalue weighted by atomic mass is 19.1. The second-order valence-electron chi connectivity index (χ2n) is 3.64. The molecule has 94 valence electrons. The molecule has 0 saturated heterocycles. The Balaban J connectivity index is 2.48. The van der Waals surface area contributed by atoms with Crippen molar-refractivity contribution in [2.75, 3.05) is 13.7 Å². The number of rotatable bonds is 6. The first-order chi connectivity index (χ1) is 8.17. The number of carbonyl (C=O) groups excluding carboxylic acids is 1. The van der Waals surface area contributed by atoms with Crippen LogP contribution in [0.15, 0.2) is 18.3 Å². The van der Waals surface area contributed by atoms with Crippen LogP contribution >= 0.6 is 0 Å². The summed E-state index contributed by atoms with van der Waals surface area (Å²) in [7, 11) is 1.36. The Bertz CT molecular complexity index is 354. The molecule has 1 N–H and O–H groups in total. The predicted molar refractivity (Wildman–Crippen MR) is 61.9 cm³/mol.